The maximum Gasteiger partial charge on any atom is 0.319 e. The molecule has 4 nitrogen and oxygen atoms in total. The fraction of sp³-hybridized carbons (Fsp3) is 0.364. The van der Waals surface area contributed by atoms with Crippen LogP contribution in [0.3, 0.4) is 0 Å². The molecule has 0 unspecified atom stereocenters. The average molecular weight is 275 g/mol. The lowest BCUT2D eigenvalue weighted by atomic mass is 10.3. The number of hydrogen-bond donors (Lipinski definition) is 3. The van der Waals surface area contributed by atoms with E-state index in [1.807, 2.05) is 0 Å². The van der Waals surface area contributed by atoms with Gasteiger partial charge in [-0.1, -0.05) is 23.2 Å². The Morgan fingerprint density at radius 3 is 2.35 bits per heavy atom. The van der Waals surface area contributed by atoms with Gasteiger partial charge in [0.25, 0.3) is 0 Å². The molecule has 1 aromatic carbocycles. The van der Waals surface area contributed by atoms with E-state index in [9.17, 15) is 4.79 Å². The number of amides is 2. The molecule has 1 aliphatic rings. The van der Waals surface area contributed by atoms with E-state index in [-0.39, 0.29) is 12.6 Å². The smallest absolute Gasteiger partial charge is 0.319 e. The van der Waals surface area contributed by atoms with E-state index >= 15 is 0 Å². The van der Waals surface area contributed by atoms with Gasteiger partial charge in [-0.25, -0.2) is 4.79 Å². The zero-order valence-electron chi connectivity index (χ0n) is 8.96. The van der Waals surface area contributed by atoms with E-state index in [0.29, 0.717) is 15.7 Å². The van der Waals surface area contributed by atoms with Crippen molar-refractivity contribution in [2.24, 2.45) is 0 Å². The molecule has 6 heteroatoms. The predicted octanol–water partition coefficient (Wildman–Crippen LogP) is 2.64. The number of aliphatic hydroxyl groups is 1. The lowest BCUT2D eigenvalue weighted by Gasteiger charge is -2.15. The highest BCUT2D eigenvalue weighted by molar-refractivity contribution is 6.35. The lowest BCUT2D eigenvalue weighted by Crippen LogP contribution is -2.42. The van der Waals surface area contributed by atoms with Crippen molar-refractivity contribution in [3.8, 4) is 0 Å². The summed E-state index contributed by atoms with van der Waals surface area (Å²) in [4.78, 5) is 11.6. The minimum atomic E-state index is -0.438. The van der Waals surface area contributed by atoms with Gasteiger partial charge in [-0.15, -0.1) is 0 Å². The monoisotopic (exact) mass is 274 g/mol. The minimum absolute atomic E-state index is 0.0449. The summed E-state index contributed by atoms with van der Waals surface area (Å²) in [5.74, 6) is 0. The first-order chi connectivity index (χ1) is 8.03. The van der Waals surface area contributed by atoms with E-state index in [1.54, 1.807) is 18.2 Å². The van der Waals surface area contributed by atoms with E-state index < -0.39 is 5.54 Å². The van der Waals surface area contributed by atoms with Gasteiger partial charge < -0.3 is 15.7 Å². The van der Waals surface area contributed by atoms with Crippen LogP contribution in [0.25, 0.3) is 0 Å². The Balaban J connectivity index is 1.98. The van der Waals surface area contributed by atoms with Crippen molar-refractivity contribution in [1.82, 2.24) is 5.32 Å². The molecule has 1 aromatic rings. The van der Waals surface area contributed by atoms with Crippen LogP contribution in [0.4, 0.5) is 10.5 Å². The highest BCUT2D eigenvalue weighted by Crippen LogP contribution is 2.34. The molecule has 0 saturated heterocycles. The van der Waals surface area contributed by atoms with Crippen molar-refractivity contribution in [1.29, 1.82) is 0 Å². The molecule has 0 aromatic heterocycles. The van der Waals surface area contributed by atoms with Crippen LogP contribution >= 0.6 is 23.2 Å². The zero-order valence-corrected chi connectivity index (χ0v) is 10.5. The van der Waals surface area contributed by atoms with Gasteiger partial charge in [-0.05, 0) is 31.0 Å². The summed E-state index contributed by atoms with van der Waals surface area (Å²) in [7, 11) is 0. The van der Waals surface area contributed by atoms with Crippen LogP contribution in [-0.2, 0) is 0 Å². The van der Waals surface area contributed by atoms with Gasteiger partial charge in [0.2, 0.25) is 0 Å². The predicted molar refractivity (Wildman–Crippen MR) is 67.7 cm³/mol. The van der Waals surface area contributed by atoms with Gasteiger partial charge >= 0.3 is 6.03 Å². The van der Waals surface area contributed by atoms with Crippen LogP contribution in [0.2, 0.25) is 10.0 Å². The van der Waals surface area contributed by atoms with Gasteiger partial charge in [0, 0.05) is 15.7 Å². The van der Waals surface area contributed by atoms with Gasteiger partial charge in [-0.3, -0.25) is 0 Å². The fourth-order valence-electron chi connectivity index (χ4n) is 1.50. The molecule has 1 aliphatic carbocycles. The Morgan fingerprint density at radius 1 is 1.29 bits per heavy atom. The third-order valence-electron chi connectivity index (χ3n) is 2.66. The molecular weight excluding hydrogens is 263 g/mol. The molecule has 92 valence electrons. The maximum atomic E-state index is 11.6. The Hall–Kier alpha value is -0.970. The van der Waals surface area contributed by atoms with Crippen LogP contribution in [0.15, 0.2) is 18.2 Å². The van der Waals surface area contributed by atoms with Gasteiger partial charge in [-0.2, -0.15) is 0 Å². The van der Waals surface area contributed by atoms with Crippen LogP contribution in [0.1, 0.15) is 12.8 Å². The summed E-state index contributed by atoms with van der Waals surface area (Å²) < 4.78 is 0. The van der Waals surface area contributed by atoms with Gasteiger partial charge in [0.05, 0.1) is 12.1 Å². The van der Waals surface area contributed by atoms with Crippen LogP contribution in [0.5, 0.6) is 0 Å². The molecular formula is C11H12Cl2N2O2. The number of carbonyl (C=O) groups is 1. The third kappa shape index (κ3) is 3.25. The van der Waals surface area contributed by atoms with Crippen LogP contribution < -0.4 is 10.6 Å². The van der Waals surface area contributed by atoms with Crippen LogP contribution in [-0.4, -0.2) is 23.3 Å². The Labute approximate surface area is 109 Å². The molecule has 0 aliphatic heterocycles. The highest BCUT2D eigenvalue weighted by Gasteiger charge is 2.43. The molecule has 0 bridgehead atoms. The summed E-state index contributed by atoms with van der Waals surface area (Å²) >= 11 is 11.6. The number of rotatable bonds is 3. The van der Waals surface area contributed by atoms with Crippen LogP contribution in [0, 0.1) is 0 Å². The largest absolute Gasteiger partial charge is 0.394 e. The Kier molecular flexibility index (Phi) is 3.47. The summed E-state index contributed by atoms with van der Waals surface area (Å²) in [5, 5.41) is 15.3. The van der Waals surface area contributed by atoms with Crippen molar-refractivity contribution in [3.05, 3.63) is 28.2 Å². The Morgan fingerprint density at radius 2 is 1.88 bits per heavy atom. The highest BCUT2D eigenvalue weighted by atomic mass is 35.5. The normalized spacial score (nSPS) is 16.4. The lowest BCUT2D eigenvalue weighted by molar-refractivity contribution is 0.217. The molecule has 0 atom stereocenters. The first-order valence-corrected chi connectivity index (χ1v) is 5.95. The average Bonchev–Trinajstić information content (AvgIpc) is 2.96. The standard InChI is InChI=1S/C11H12Cl2N2O2/c12-7-3-8(13)5-9(4-7)14-10(17)15-11(6-16)1-2-11/h3-5,16H,1-2,6H2,(H2,14,15,17). The molecule has 0 spiro atoms. The molecule has 2 amide bonds. The summed E-state index contributed by atoms with van der Waals surface area (Å²) in [6.45, 7) is -0.0449. The number of anilines is 1. The molecule has 0 heterocycles. The maximum absolute atomic E-state index is 11.6. The van der Waals surface area contributed by atoms with E-state index in [1.165, 1.54) is 0 Å². The molecule has 0 radical (unpaired) electrons. The van der Waals surface area contributed by atoms with Crippen molar-refractivity contribution < 1.29 is 9.90 Å². The van der Waals surface area contributed by atoms with E-state index in [2.05, 4.69) is 10.6 Å². The minimum Gasteiger partial charge on any atom is -0.394 e. The first-order valence-electron chi connectivity index (χ1n) is 5.19. The van der Waals surface area contributed by atoms with E-state index in [4.69, 9.17) is 28.3 Å². The zero-order chi connectivity index (χ0) is 12.5. The van der Waals surface area contributed by atoms with Crippen molar-refractivity contribution >= 4 is 34.9 Å². The summed E-state index contributed by atoms with van der Waals surface area (Å²) in [6, 6.07) is 4.43. The Bertz CT molecular complexity index is 427. The molecule has 1 saturated carbocycles. The third-order valence-corrected chi connectivity index (χ3v) is 3.09. The number of urea groups is 1. The number of halogens is 2. The summed E-state index contributed by atoms with van der Waals surface area (Å²) in [5.41, 5.74) is 0.0839. The number of aliphatic hydroxyl groups excluding tert-OH is 1. The second-order valence-corrected chi connectivity index (χ2v) is 5.05. The fourth-order valence-corrected chi connectivity index (χ4v) is 2.03. The van der Waals surface area contributed by atoms with Crippen molar-refractivity contribution in [2.45, 2.75) is 18.4 Å². The molecule has 17 heavy (non-hydrogen) atoms. The van der Waals surface area contributed by atoms with Gasteiger partial charge in [0.1, 0.15) is 0 Å². The number of nitrogens with one attached hydrogen (secondary N) is 2. The van der Waals surface area contributed by atoms with Gasteiger partial charge in [0.15, 0.2) is 0 Å². The molecule has 1 fully saturated rings. The second-order valence-electron chi connectivity index (χ2n) is 4.18. The number of benzene rings is 1. The SMILES string of the molecule is O=C(Nc1cc(Cl)cc(Cl)c1)NC1(CO)CC1. The molecule has 2 rings (SSSR count). The topological polar surface area (TPSA) is 61.4 Å². The van der Waals surface area contributed by atoms with Crippen molar-refractivity contribution in [3.63, 3.8) is 0 Å². The molecule has 3 N–H and O–H groups in total. The summed E-state index contributed by atoms with van der Waals surface area (Å²) in [6.07, 6.45) is 1.60. The number of hydrogen-bond acceptors (Lipinski definition) is 2. The number of carbonyl (C=O) groups excluding carboxylic acids is 1. The quantitative estimate of drug-likeness (QED) is 0.794. The first kappa shape index (κ1) is 12.5. The van der Waals surface area contributed by atoms with Crippen molar-refractivity contribution in [2.75, 3.05) is 11.9 Å². The second kappa shape index (κ2) is 4.72. The van der Waals surface area contributed by atoms with E-state index in [0.717, 1.165) is 12.8 Å².